The Labute approximate surface area is 72.4 Å². The number of hydrogen-bond donors (Lipinski definition) is 0. The van der Waals surface area contributed by atoms with Crippen LogP contribution in [0.1, 0.15) is 31.2 Å². The van der Waals surface area contributed by atoms with Gasteiger partial charge in [0.2, 0.25) is 0 Å². The van der Waals surface area contributed by atoms with Crippen LogP contribution >= 0.6 is 0 Å². The SMILES string of the molecule is CC1(F)CCC1c1ccccc1. The van der Waals surface area contributed by atoms with Crippen molar-refractivity contribution in [2.24, 2.45) is 0 Å². The molecule has 64 valence electrons. The van der Waals surface area contributed by atoms with Crippen LogP contribution in [0.4, 0.5) is 4.39 Å². The van der Waals surface area contributed by atoms with E-state index in [0.717, 1.165) is 12.0 Å². The first-order valence-corrected chi connectivity index (χ1v) is 4.44. The molecule has 12 heavy (non-hydrogen) atoms. The van der Waals surface area contributed by atoms with Crippen molar-refractivity contribution in [2.45, 2.75) is 31.4 Å². The average Bonchev–Trinajstić information content (AvgIpc) is 2.05. The third-order valence-electron chi connectivity index (χ3n) is 2.85. The van der Waals surface area contributed by atoms with Crippen molar-refractivity contribution in [1.82, 2.24) is 0 Å². The van der Waals surface area contributed by atoms with E-state index in [0.29, 0.717) is 6.42 Å². The summed E-state index contributed by atoms with van der Waals surface area (Å²) in [5.41, 5.74) is 0.190. The standard InChI is InChI=1S/C11H13F/c1-11(12)8-7-10(11)9-5-3-2-4-6-9/h2-6,10H,7-8H2,1H3. The Bertz CT molecular complexity index is 264. The molecule has 0 aromatic heterocycles. The molecule has 0 saturated heterocycles. The molecule has 0 nitrogen and oxygen atoms in total. The lowest BCUT2D eigenvalue weighted by atomic mass is 9.69. The van der Waals surface area contributed by atoms with Gasteiger partial charge in [-0.05, 0) is 25.3 Å². The summed E-state index contributed by atoms with van der Waals surface area (Å²) in [5, 5.41) is 0. The number of alkyl halides is 1. The highest BCUT2D eigenvalue weighted by molar-refractivity contribution is 5.25. The molecule has 1 aromatic rings. The first-order chi connectivity index (χ1) is 5.70. The van der Waals surface area contributed by atoms with Gasteiger partial charge >= 0.3 is 0 Å². The van der Waals surface area contributed by atoms with E-state index in [1.165, 1.54) is 0 Å². The molecule has 1 fully saturated rings. The summed E-state index contributed by atoms with van der Waals surface area (Å²) in [6.07, 6.45) is 1.71. The molecule has 0 radical (unpaired) electrons. The van der Waals surface area contributed by atoms with Crippen molar-refractivity contribution in [1.29, 1.82) is 0 Å². The minimum Gasteiger partial charge on any atom is -0.244 e. The van der Waals surface area contributed by atoms with Crippen molar-refractivity contribution in [3.63, 3.8) is 0 Å². The van der Waals surface area contributed by atoms with Crippen LogP contribution in [0, 0.1) is 0 Å². The Balaban J connectivity index is 2.22. The van der Waals surface area contributed by atoms with Gasteiger partial charge in [-0.1, -0.05) is 30.3 Å². The Hall–Kier alpha value is -0.850. The van der Waals surface area contributed by atoms with E-state index in [2.05, 4.69) is 0 Å². The molecular weight excluding hydrogens is 151 g/mol. The normalized spacial score (nSPS) is 34.3. The van der Waals surface area contributed by atoms with Gasteiger partial charge in [-0.25, -0.2) is 4.39 Å². The topological polar surface area (TPSA) is 0 Å². The third-order valence-corrected chi connectivity index (χ3v) is 2.85. The fourth-order valence-electron chi connectivity index (χ4n) is 1.89. The number of benzene rings is 1. The number of halogens is 1. The van der Waals surface area contributed by atoms with Crippen molar-refractivity contribution >= 4 is 0 Å². The van der Waals surface area contributed by atoms with Gasteiger partial charge in [0.05, 0.1) is 0 Å². The van der Waals surface area contributed by atoms with Gasteiger partial charge in [0.15, 0.2) is 0 Å². The third kappa shape index (κ3) is 1.13. The smallest absolute Gasteiger partial charge is 0.115 e. The molecular formula is C11H13F. The molecule has 2 unspecified atom stereocenters. The van der Waals surface area contributed by atoms with Crippen LogP contribution in [0.25, 0.3) is 0 Å². The molecule has 1 saturated carbocycles. The van der Waals surface area contributed by atoms with Crippen molar-refractivity contribution < 1.29 is 4.39 Å². The first-order valence-electron chi connectivity index (χ1n) is 4.44. The van der Waals surface area contributed by atoms with Gasteiger partial charge in [-0.15, -0.1) is 0 Å². The minimum absolute atomic E-state index is 0.138. The highest BCUT2D eigenvalue weighted by atomic mass is 19.1. The molecule has 0 aliphatic heterocycles. The minimum atomic E-state index is -0.957. The van der Waals surface area contributed by atoms with Crippen LogP contribution in [-0.2, 0) is 0 Å². The summed E-state index contributed by atoms with van der Waals surface area (Å²) >= 11 is 0. The molecule has 0 heterocycles. The summed E-state index contributed by atoms with van der Waals surface area (Å²) in [4.78, 5) is 0. The van der Waals surface area contributed by atoms with Crippen LogP contribution < -0.4 is 0 Å². The molecule has 2 atom stereocenters. The second kappa shape index (κ2) is 2.58. The van der Waals surface area contributed by atoms with E-state index in [1.807, 2.05) is 30.3 Å². The lowest BCUT2D eigenvalue weighted by Crippen LogP contribution is -2.37. The molecule has 1 aromatic carbocycles. The van der Waals surface area contributed by atoms with Gasteiger partial charge < -0.3 is 0 Å². The van der Waals surface area contributed by atoms with Gasteiger partial charge in [0.25, 0.3) is 0 Å². The van der Waals surface area contributed by atoms with E-state index >= 15 is 0 Å². The number of rotatable bonds is 1. The zero-order chi connectivity index (χ0) is 8.60. The van der Waals surface area contributed by atoms with Crippen molar-refractivity contribution in [3.8, 4) is 0 Å². The molecule has 0 amide bonds. The zero-order valence-electron chi connectivity index (χ0n) is 7.26. The lowest BCUT2D eigenvalue weighted by Gasteiger charge is -2.40. The molecule has 0 spiro atoms. The van der Waals surface area contributed by atoms with Crippen molar-refractivity contribution in [2.75, 3.05) is 0 Å². The Morgan fingerprint density at radius 1 is 1.33 bits per heavy atom. The van der Waals surface area contributed by atoms with Crippen LogP contribution in [0.5, 0.6) is 0 Å². The van der Waals surface area contributed by atoms with Crippen LogP contribution in [0.3, 0.4) is 0 Å². The Morgan fingerprint density at radius 2 is 2.00 bits per heavy atom. The molecule has 1 aliphatic carbocycles. The van der Waals surface area contributed by atoms with E-state index < -0.39 is 5.67 Å². The average molecular weight is 164 g/mol. The maximum Gasteiger partial charge on any atom is 0.115 e. The summed E-state index contributed by atoms with van der Waals surface area (Å²) in [6.45, 7) is 1.70. The van der Waals surface area contributed by atoms with Gasteiger partial charge in [0.1, 0.15) is 5.67 Å². The maximum absolute atomic E-state index is 13.6. The summed E-state index contributed by atoms with van der Waals surface area (Å²) in [6, 6.07) is 9.95. The highest BCUT2D eigenvalue weighted by Crippen LogP contribution is 2.48. The molecule has 0 N–H and O–H groups in total. The van der Waals surface area contributed by atoms with Crippen LogP contribution in [0.15, 0.2) is 30.3 Å². The Kier molecular flexibility index (Phi) is 1.67. The summed E-state index contributed by atoms with van der Waals surface area (Å²) in [7, 11) is 0. The van der Waals surface area contributed by atoms with E-state index in [1.54, 1.807) is 6.92 Å². The van der Waals surface area contributed by atoms with E-state index in [4.69, 9.17) is 0 Å². The predicted molar refractivity (Wildman–Crippen MR) is 47.9 cm³/mol. The van der Waals surface area contributed by atoms with Crippen LogP contribution in [-0.4, -0.2) is 5.67 Å². The second-order valence-electron chi connectivity index (χ2n) is 3.78. The van der Waals surface area contributed by atoms with Gasteiger partial charge in [-0.3, -0.25) is 0 Å². The fourth-order valence-corrected chi connectivity index (χ4v) is 1.89. The number of hydrogen-bond acceptors (Lipinski definition) is 0. The first kappa shape index (κ1) is 7.78. The largest absolute Gasteiger partial charge is 0.244 e. The lowest BCUT2D eigenvalue weighted by molar-refractivity contribution is 0.0513. The maximum atomic E-state index is 13.6. The Morgan fingerprint density at radius 3 is 2.42 bits per heavy atom. The van der Waals surface area contributed by atoms with E-state index in [9.17, 15) is 4.39 Å². The van der Waals surface area contributed by atoms with E-state index in [-0.39, 0.29) is 5.92 Å². The predicted octanol–water partition coefficient (Wildman–Crippen LogP) is 3.29. The molecule has 0 bridgehead atoms. The quantitative estimate of drug-likeness (QED) is 0.597. The summed E-state index contributed by atoms with van der Waals surface area (Å²) < 4.78 is 13.6. The molecule has 1 aliphatic rings. The summed E-state index contributed by atoms with van der Waals surface area (Å²) in [5.74, 6) is 0.138. The fraction of sp³-hybridized carbons (Fsp3) is 0.455. The molecule has 2 rings (SSSR count). The monoisotopic (exact) mass is 164 g/mol. The van der Waals surface area contributed by atoms with Crippen molar-refractivity contribution in [3.05, 3.63) is 35.9 Å². The highest BCUT2D eigenvalue weighted by Gasteiger charge is 2.43. The molecule has 1 heteroatoms. The van der Waals surface area contributed by atoms with Gasteiger partial charge in [-0.2, -0.15) is 0 Å². The van der Waals surface area contributed by atoms with Crippen LogP contribution in [0.2, 0.25) is 0 Å². The van der Waals surface area contributed by atoms with Gasteiger partial charge in [0, 0.05) is 5.92 Å². The zero-order valence-corrected chi connectivity index (χ0v) is 7.26. The second-order valence-corrected chi connectivity index (χ2v) is 3.78.